The van der Waals surface area contributed by atoms with Crippen LogP contribution < -0.4 is 9.47 Å². The van der Waals surface area contributed by atoms with E-state index in [1.54, 1.807) is 0 Å². The van der Waals surface area contributed by atoms with Crippen LogP contribution in [0.1, 0.15) is 54.7 Å². The van der Waals surface area contributed by atoms with Crippen LogP contribution >= 0.6 is 0 Å². The molecule has 0 amide bonds. The van der Waals surface area contributed by atoms with Gasteiger partial charge in [-0.05, 0) is 78.6 Å². The molecule has 1 unspecified atom stereocenters. The molecule has 1 aliphatic rings. The second-order valence-electron chi connectivity index (χ2n) is 7.60. The Morgan fingerprint density at radius 3 is 2.28 bits per heavy atom. The Bertz CT molecular complexity index is 795. The van der Waals surface area contributed by atoms with Crippen LogP contribution in [0.2, 0.25) is 0 Å². The van der Waals surface area contributed by atoms with Crippen molar-refractivity contribution in [3.63, 3.8) is 0 Å². The molecule has 2 aromatic carbocycles. The maximum Gasteiger partial charge on any atom is 0.122 e. The molecule has 0 bridgehead atoms. The van der Waals surface area contributed by atoms with E-state index < -0.39 is 0 Å². The minimum absolute atomic E-state index is 0.157. The van der Waals surface area contributed by atoms with Crippen LogP contribution in [0.3, 0.4) is 0 Å². The molecule has 4 heteroatoms. The van der Waals surface area contributed by atoms with E-state index in [0.29, 0.717) is 32.0 Å². The number of aryl methyl sites for hydroxylation is 1. The van der Waals surface area contributed by atoms with Crippen LogP contribution in [0.4, 0.5) is 0 Å². The van der Waals surface area contributed by atoms with E-state index in [4.69, 9.17) is 19.7 Å². The molecule has 0 radical (unpaired) electrons. The third-order valence-electron chi connectivity index (χ3n) is 5.44. The highest BCUT2D eigenvalue weighted by Crippen LogP contribution is 2.37. The number of aliphatic hydroxyl groups excluding tert-OH is 2. The van der Waals surface area contributed by atoms with E-state index in [9.17, 15) is 0 Å². The molecule has 2 N–H and O–H groups in total. The lowest BCUT2D eigenvalue weighted by Gasteiger charge is -2.23. The van der Waals surface area contributed by atoms with E-state index in [2.05, 4.69) is 37.3 Å². The molecule has 0 saturated heterocycles. The van der Waals surface area contributed by atoms with Crippen LogP contribution in [0.5, 0.6) is 11.5 Å². The molecule has 3 rings (SSSR count). The van der Waals surface area contributed by atoms with Gasteiger partial charge in [-0.1, -0.05) is 24.3 Å². The monoisotopic (exact) mass is 396 g/mol. The molecule has 0 aliphatic heterocycles. The molecule has 29 heavy (non-hydrogen) atoms. The summed E-state index contributed by atoms with van der Waals surface area (Å²) in [5.41, 5.74) is 5.19. The molecule has 4 nitrogen and oxygen atoms in total. The Kier molecular flexibility index (Phi) is 8.14. The standard InChI is InChI=1S/C25H32O4/c1-19-18-23(10-13-25(19)29-17-3-15-27)22-6-4-20(5-7-22)21-8-11-24(12-9-21)28-16-2-14-26/h6,8-13,18,20,26-27H,2-5,7,14-17H2,1H3. The fraction of sp³-hybridized carbons (Fsp3) is 0.440. The Morgan fingerprint density at radius 2 is 1.66 bits per heavy atom. The van der Waals surface area contributed by atoms with Crippen molar-refractivity contribution in [1.29, 1.82) is 0 Å². The van der Waals surface area contributed by atoms with Gasteiger partial charge in [0.25, 0.3) is 0 Å². The van der Waals surface area contributed by atoms with Gasteiger partial charge in [0.2, 0.25) is 0 Å². The summed E-state index contributed by atoms with van der Waals surface area (Å²) in [6.07, 6.45) is 6.96. The van der Waals surface area contributed by atoms with E-state index in [-0.39, 0.29) is 13.2 Å². The van der Waals surface area contributed by atoms with Crippen LogP contribution in [0, 0.1) is 6.92 Å². The van der Waals surface area contributed by atoms with Crippen LogP contribution in [-0.2, 0) is 0 Å². The van der Waals surface area contributed by atoms with E-state index in [0.717, 1.165) is 36.3 Å². The first kappa shape index (κ1) is 21.4. The third kappa shape index (κ3) is 6.09. The Hall–Kier alpha value is -2.30. The third-order valence-corrected chi connectivity index (χ3v) is 5.44. The van der Waals surface area contributed by atoms with Crippen LogP contribution in [0.25, 0.3) is 5.57 Å². The minimum atomic E-state index is 0.157. The van der Waals surface area contributed by atoms with E-state index in [1.807, 2.05) is 18.2 Å². The largest absolute Gasteiger partial charge is 0.494 e. The second kappa shape index (κ2) is 11.0. The highest BCUT2D eigenvalue weighted by atomic mass is 16.5. The number of aliphatic hydroxyl groups is 2. The van der Waals surface area contributed by atoms with Gasteiger partial charge in [0.15, 0.2) is 0 Å². The lowest BCUT2D eigenvalue weighted by Crippen LogP contribution is -2.05. The number of benzene rings is 2. The van der Waals surface area contributed by atoms with Crippen molar-refractivity contribution in [1.82, 2.24) is 0 Å². The first-order chi connectivity index (χ1) is 14.2. The van der Waals surface area contributed by atoms with Crippen molar-refractivity contribution >= 4 is 5.57 Å². The van der Waals surface area contributed by atoms with Gasteiger partial charge in [0.05, 0.1) is 13.2 Å². The molecule has 0 heterocycles. The maximum atomic E-state index is 8.89. The molecular weight excluding hydrogens is 364 g/mol. The SMILES string of the molecule is Cc1cc(C2=CCC(c3ccc(OCCCO)cc3)CC2)ccc1OCCCO. The molecule has 0 spiro atoms. The Morgan fingerprint density at radius 1 is 0.931 bits per heavy atom. The number of rotatable bonds is 10. The van der Waals surface area contributed by atoms with Gasteiger partial charge in [-0.2, -0.15) is 0 Å². The predicted octanol–water partition coefficient (Wildman–Crippen LogP) is 4.87. The average Bonchev–Trinajstić information content (AvgIpc) is 2.76. The van der Waals surface area contributed by atoms with Crippen molar-refractivity contribution in [3.8, 4) is 11.5 Å². The normalized spacial score (nSPS) is 16.4. The van der Waals surface area contributed by atoms with Crippen LogP contribution in [-0.4, -0.2) is 36.6 Å². The van der Waals surface area contributed by atoms with Crippen molar-refractivity contribution in [2.75, 3.05) is 26.4 Å². The van der Waals surface area contributed by atoms with Gasteiger partial charge in [-0.15, -0.1) is 0 Å². The quantitative estimate of drug-likeness (QED) is 0.563. The topological polar surface area (TPSA) is 58.9 Å². The van der Waals surface area contributed by atoms with E-state index in [1.165, 1.54) is 16.7 Å². The number of hydrogen-bond donors (Lipinski definition) is 2. The zero-order valence-electron chi connectivity index (χ0n) is 17.3. The molecule has 1 aliphatic carbocycles. The van der Waals surface area contributed by atoms with Crippen molar-refractivity contribution in [2.45, 2.75) is 44.9 Å². The average molecular weight is 397 g/mol. The molecule has 1 atom stereocenters. The summed E-state index contributed by atoms with van der Waals surface area (Å²) in [6.45, 7) is 3.50. The van der Waals surface area contributed by atoms with Gasteiger partial charge < -0.3 is 19.7 Å². The summed E-state index contributed by atoms with van der Waals surface area (Å²) in [5.74, 6) is 2.32. The summed E-state index contributed by atoms with van der Waals surface area (Å²) in [7, 11) is 0. The lowest BCUT2D eigenvalue weighted by molar-refractivity contribution is 0.232. The van der Waals surface area contributed by atoms with Crippen molar-refractivity contribution in [2.24, 2.45) is 0 Å². The van der Waals surface area contributed by atoms with Crippen molar-refractivity contribution < 1.29 is 19.7 Å². The smallest absolute Gasteiger partial charge is 0.122 e. The fourth-order valence-corrected chi connectivity index (χ4v) is 3.75. The summed E-state index contributed by atoms with van der Waals surface area (Å²) in [4.78, 5) is 0. The summed E-state index contributed by atoms with van der Waals surface area (Å²) < 4.78 is 11.4. The Balaban J connectivity index is 1.58. The first-order valence-corrected chi connectivity index (χ1v) is 10.6. The predicted molar refractivity (Wildman–Crippen MR) is 117 cm³/mol. The van der Waals surface area contributed by atoms with Gasteiger partial charge >= 0.3 is 0 Å². The first-order valence-electron chi connectivity index (χ1n) is 10.6. The zero-order valence-corrected chi connectivity index (χ0v) is 17.3. The van der Waals surface area contributed by atoms with Gasteiger partial charge in [0, 0.05) is 26.1 Å². The maximum absolute atomic E-state index is 8.89. The number of ether oxygens (including phenoxy) is 2. The molecular formula is C25H32O4. The highest BCUT2D eigenvalue weighted by molar-refractivity contribution is 5.68. The van der Waals surface area contributed by atoms with Crippen LogP contribution in [0.15, 0.2) is 48.5 Å². The fourth-order valence-electron chi connectivity index (χ4n) is 3.75. The van der Waals surface area contributed by atoms with Gasteiger partial charge in [0.1, 0.15) is 11.5 Å². The van der Waals surface area contributed by atoms with Crippen molar-refractivity contribution in [3.05, 3.63) is 65.2 Å². The summed E-state index contributed by atoms with van der Waals surface area (Å²) in [5, 5.41) is 17.7. The molecule has 2 aromatic rings. The summed E-state index contributed by atoms with van der Waals surface area (Å²) >= 11 is 0. The number of allylic oxidation sites excluding steroid dienone is 2. The molecule has 0 fully saturated rings. The van der Waals surface area contributed by atoms with E-state index >= 15 is 0 Å². The minimum Gasteiger partial charge on any atom is -0.494 e. The second-order valence-corrected chi connectivity index (χ2v) is 7.60. The molecule has 156 valence electrons. The zero-order chi connectivity index (χ0) is 20.5. The highest BCUT2D eigenvalue weighted by Gasteiger charge is 2.18. The number of hydrogen-bond acceptors (Lipinski definition) is 4. The van der Waals surface area contributed by atoms with Gasteiger partial charge in [-0.25, -0.2) is 0 Å². The summed E-state index contributed by atoms with van der Waals surface area (Å²) in [6, 6.07) is 14.8. The lowest BCUT2D eigenvalue weighted by atomic mass is 9.82. The Labute approximate surface area is 173 Å². The molecule has 0 saturated carbocycles. The molecule has 0 aromatic heterocycles. The van der Waals surface area contributed by atoms with Gasteiger partial charge in [-0.3, -0.25) is 0 Å².